The van der Waals surface area contributed by atoms with Crippen LogP contribution < -0.4 is 0 Å². The van der Waals surface area contributed by atoms with Crippen molar-refractivity contribution in [1.29, 1.82) is 0 Å². The summed E-state index contributed by atoms with van der Waals surface area (Å²) in [6, 6.07) is 18.0. The van der Waals surface area contributed by atoms with Crippen LogP contribution in [0, 0.1) is 6.92 Å². The third-order valence-electron chi connectivity index (χ3n) is 4.82. The number of carboxylic acids is 1. The molecule has 0 atom stereocenters. The molecule has 1 aromatic heterocycles. The van der Waals surface area contributed by atoms with Gasteiger partial charge in [0.2, 0.25) is 0 Å². The minimum absolute atomic E-state index is 0.109. The molecule has 0 radical (unpaired) electrons. The van der Waals surface area contributed by atoms with Gasteiger partial charge in [-0.15, -0.1) is 0 Å². The van der Waals surface area contributed by atoms with Crippen LogP contribution in [-0.4, -0.2) is 33.6 Å². The Balaban J connectivity index is 1.61. The molecule has 156 valence electrons. The topological polar surface area (TPSA) is 83.1 Å². The smallest absolute Gasteiger partial charge is 0.335 e. The lowest BCUT2D eigenvalue weighted by molar-refractivity contribution is -0.122. The number of thioether (sulfide) groups is 1. The van der Waals surface area contributed by atoms with Crippen LogP contribution in [0.3, 0.4) is 0 Å². The molecule has 0 unspecified atom stereocenters. The van der Waals surface area contributed by atoms with Crippen LogP contribution in [0.25, 0.3) is 17.4 Å². The number of carbonyl (C=O) groups excluding carboxylic acids is 1. The number of para-hydroxylation sites is 1. The zero-order chi connectivity index (χ0) is 22.0. The lowest BCUT2D eigenvalue weighted by atomic mass is 10.0. The Bertz CT molecular complexity index is 1210. The van der Waals surface area contributed by atoms with Gasteiger partial charge in [0, 0.05) is 18.2 Å². The Morgan fingerprint density at radius 1 is 1.16 bits per heavy atom. The van der Waals surface area contributed by atoms with Gasteiger partial charge in [-0.05, 0) is 67.6 Å². The van der Waals surface area contributed by atoms with Gasteiger partial charge in [-0.1, -0.05) is 24.3 Å². The number of likely N-dealkylation sites (N-methyl/N-ethyl adjacent to an activating group) is 1. The highest BCUT2D eigenvalue weighted by molar-refractivity contribution is 8.18. The van der Waals surface area contributed by atoms with Gasteiger partial charge in [-0.25, -0.2) is 9.79 Å². The maximum absolute atomic E-state index is 12.8. The molecule has 2 heterocycles. The number of aromatic carboxylic acids is 1. The fourth-order valence-corrected chi connectivity index (χ4v) is 4.30. The molecular formula is C24H20N2O4S. The number of rotatable bonds is 5. The van der Waals surface area contributed by atoms with E-state index in [0.717, 1.165) is 16.8 Å². The molecule has 1 aliphatic rings. The molecule has 0 spiro atoms. The lowest BCUT2D eigenvalue weighted by Gasteiger charge is -2.11. The summed E-state index contributed by atoms with van der Waals surface area (Å²) in [5, 5.41) is 9.77. The van der Waals surface area contributed by atoms with E-state index in [2.05, 4.69) is 4.99 Å². The van der Waals surface area contributed by atoms with E-state index in [1.165, 1.54) is 11.8 Å². The third-order valence-corrected chi connectivity index (χ3v) is 5.83. The van der Waals surface area contributed by atoms with Gasteiger partial charge >= 0.3 is 5.97 Å². The minimum atomic E-state index is -0.968. The normalized spacial score (nSPS) is 16.5. The van der Waals surface area contributed by atoms with Crippen molar-refractivity contribution in [2.24, 2.45) is 4.99 Å². The van der Waals surface area contributed by atoms with Crippen LogP contribution >= 0.6 is 11.8 Å². The molecule has 0 aliphatic carbocycles. The van der Waals surface area contributed by atoms with Gasteiger partial charge in [0.1, 0.15) is 11.5 Å². The number of nitrogens with zero attached hydrogens (tertiary/aromatic N) is 2. The maximum Gasteiger partial charge on any atom is 0.335 e. The molecule has 1 fully saturated rings. The molecule has 1 saturated heterocycles. The standard InChI is InChI=1S/C24H20N2O4S/c1-3-26-22(27)21(31-24(26)25-17-7-5-4-6-8-17)14-18-10-12-20(30-18)19-11-9-16(23(28)29)13-15(19)2/h4-14H,3H2,1-2H3,(H,28,29)/b21-14-,25-24?. The number of furan rings is 1. The fraction of sp³-hybridized carbons (Fsp3) is 0.125. The molecule has 7 heteroatoms. The van der Waals surface area contributed by atoms with Crippen LogP contribution in [0.2, 0.25) is 0 Å². The van der Waals surface area contributed by atoms with Gasteiger partial charge < -0.3 is 9.52 Å². The van der Waals surface area contributed by atoms with Crippen molar-refractivity contribution >= 4 is 40.6 Å². The monoisotopic (exact) mass is 432 g/mol. The first-order chi connectivity index (χ1) is 15.0. The second-order valence-corrected chi connectivity index (χ2v) is 7.94. The SMILES string of the molecule is CCN1C(=O)/C(=C/c2ccc(-c3ccc(C(=O)O)cc3C)o2)SC1=Nc1ccccc1. The van der Waals surface area contributed by atoms with Crippen LogP contribution in [0.5, 0.6) is 0 Å². The average molecular weight is 433 g/mol. The number of aryl methyl sites for hydroxylation is 1. The van der Waals surface area contributed by atoms with Crippen LogP contribution in [0.4, 0.5) is 5.69 Å². The van der Waals surface area contributed by atoms with E-state index in [1.54, 1.807) is 35.2 Å². The zero-order valence-electron chi connectivity index (χ0n) is 17.0. The Labute approximate surface area is 183 Å². The summed E-state index contributed by atoms with van der Waals surface area (Å²) in [7, 11) is 0. The van der Waals surface area contributed by atoms with Crippen molar-refractivity contribution in [1.82, 2.24) is 4.90 Å². The number of hydrogen-bond donors (Lipinski definition) is 1. The molecule has 2 aromatic carbocycles. The van der Waals surface area contributed by atoms with Crippen molar-refractivity contribution in [3.05, 3.63) is 82.5 Å². The van der Waals surface area contributed by atoms with E-state index in [-0.39, 0.29) is 11.5 Å². The predicted molar refractivity (Wildman–Crippen MR) is 122 cm³/mol. The number of carbonyl (C=O) groups is 2. The molecule has 0 saturated carbocycles. The largest absolute Gasteiger partial charge is 0.478 e. The molecule has 31 heavy (non-hydrogen) atoms. The summed E-state index contributed by atoms with van der Waals surface area (Å²) < 4.78 is 5.94. The lowest BCUT2D eigenvalue weighted by Crippen LogP contribution is -2.28. The quantitative estimate of drug-likeness (QED) is 0.533. The van der Waals surface area contributed by atoms with E-state index in [0.29, 0.717) is 28.1 Å². The second-order valence-electron chi connectivity index (χ2n) is 6.93. The highest BCUT2D eigenvalue weighted by Crippen LogP contribution is 2.35. The molecule has 3 aromatic rings. The molecule has 4 rings (SSSR count). The molecule has 1 N–H and O–H groups in total. The summed E-state index contributed by atoms with van der Waals surface area (Å²) in [4.78, 5) is 30.8. The van der Waals surface area contributed by atoms with Gasteiger partial charge in [-0.2, -0.15) is 0 Å². The number of amidine groups is 1. The molecule has 0 bridgehead atoms. The maximum atomic E-state index is 12.8. The van der Waals surface area contributed by atoms with E-state index in [4.69, 9.17) is 9.52 Å². The van der Waals surface area contributed by atoms with Gasteiger partial charge in [0.25, 0.3) is 5.91 Å². The van der Waals surface area contributed by atoms with E-state index in [1.807, 2.05) is 50.2 Å². The first-order valence-electron chi connectivity index (χ1n) is 9.75. The number of amides is 1. The highest BCUT2D eigenvalue weighted by Gasteiger charge is 2.32. The number of carboxylic acid groups (broad SMARTS) is 1. The summed E-state index contributed by atoms with van der Waals surface area (Å²) in [5.41, 5.74) is 2.63. The molecule has 1 aliphatic heterocycles. The first kappa shape index (κ1) is 20.7. The van der Waals surface area contributed by atoms with Crippen molar-refractivity contribution in [3.63, 3.8) is 0 Å². The van der Waals surface area contributed by atoms with Gasteiger partial charge in [-0.3, -0.25) is 9.69 Å². The first-order valence-corrected chi connectivity index (χ1v) is 10.6. The van der Waals surface area contributed by atoms with E-state index < -0.39 is 5.97 Å². The second kappa shape index (κ2) is 8.65. The van der Waals surface area contributed by atoms with Crippen LogP contribution in [0.1, 0.15) is 28.6 Å². The fourth-order valence-electron chi connectivity index (χ4n) is 3.26. The average Bonchev–Trinajstić information content (AvgIpc) is 3.33. The Kier molecular flexibility index (Phi) is 5.77. The summed E-state index contributed by atoms with van der Waals surface area (Å²) in [6.45, 7) is 4.27. The Hall–Kier alpha value is -3.58. The Morgan fingerprint density at radius 3 is 2.61 bits per heavy atom. The molecule has 1 amide bonds. The van der Waals surface area contributed by atoms with Crippen molar-refractivity contribution < 1.29 is 19.1 Å². The molecular weight excluding hydrogens is 412 g/mol. The number of aliphatic imine (C=N–C) groups is 1. The summed E-state index contributed by atoms with van der Waals surface area (Å²) in [6.07, 6.45) is 1.72. The Morgan fingerprint density at radius 2 is 1.94 bits per heavy atom. The van der Waals surface area contributed by atoms with Gasteiger partial charge in [0.05, 0.1) is 16.2 Å². The third kappa shape index (κ3) is 4.32. The van der Waals surface area contributed by atoms with Crippen molar-refractivity contribution in [2.45, 2.75) is 13.8 Å². The molecule has 6 nitrogen and oxygen atoms in total. The van der Waals surface area contributed by atoms with E-state index in [9.17, 15) is 9.59 Å². The van der Waals surface area contributed by atoms with Crippen LogP contribution in [0.15, 0.2) is 75.0 Å². The highest BCUT2D eigenvalue weighted by atomic mass is 32.2. The predicted octanol–water partition coefficient (Wildman–Crippen LogP) is 5.58. The summed E-state index contributed by atoms with van der Waals surface area (Å²) in [5.74, 6) is 0.0821. The van der Waals surface area contributed by atoms with Crippen molar-refractivity contribution in [2.75, 3.05) is 6.54 Å². The number of hydrogen-bond acceptors (Lipinski definition) is 5. The number of benzene rings is 2. The minimum Gasteiger partial charge on any atom is -0.478 e. The van der Waals surface area contributed by atoms with Gasteiger partial charge in [0.15, 0.2) is 5.17 Å². The zero-order valence-corrected chi connectivity index (χ0v) is 17.8. The summed E-state index contributed by atoms with van der Waals surface area (Å²) >= 11 is 1.32. The van der Waals surface area contributed by atoms with Crippen molar-refractivity contribution in [3.8, 4) is 11.3 Å². The van der Waals surface area contributed by atoms with Crippen LogP contribution in [-0.2, 0) is 4.79 Å². The van der Waals surface area contributed by atoms with E-state index >= 15 is 0 Å².